The molecular weight excluding hydrogens is 278 g/mol. The van der Waals surface area contributed by atoms with Crippen LogP contribution < -0.4 is 10.2 Å². The number of anilines is 1. The Morgan fingerprint density at radius 3 is 3.05 bits per heavy atom. The maximum Gasteiger partial charge on any atom is 0.107 e. The summed E-state index contributed by atoms with van der Waals surface area (Å²) in [5, 5.41) is 6.82. The van der Waals surface area contributed by atoms with Crippen molar-refractivity contribution in [3.05, 3.63) is 45.9 Å². The summed E-state index contributed by atoms with van der Waals surface area (Å²) in [5.41, 5.74) is 4.05. The lowest BCUT2D eigenvalue weighted by Crippen LogP contribution is -2.28. The molecule has 0 bridgehead atoms. The maximum absolute atomic E-state index is 4.76. The van der Waals surface area contributed by atoms with Gasteiger partial charge in [-0.05, 0) is 24.5 Å². The first-order chi connectivity index (χ1) is 10.2. The Bertz CT molecular complexity index is 591. The summed E-state index contributed by atoms with van der Waals surface area (Å²) < 4.78 is 0. The number of aromatic nitrogens is 1. The quantitative estimate of drug-likeness (QED) is 0.914. The zero-order valence-corrected chi connectivity index (χ0v) is 13.6. The van der Waals surface area contributed by atoms with E-state index in [1.54, 1.807) is 11.3 Å². The summed E-state index contributed by atoms with van der Waals surface area (Å²) in [4.78, 5) is 7.23. The van der Waals surface area contributed by atoms with E-state index in [0.717, 1.165) is 19.6 Å². The second-order valence-corrected chi connectivity index (χ2v) is 6.86. The van der Waals surface area contributed by atoms with E-state index in [1.165, 1.54) is 34.8 Å². The molecule has 1 N–H and O–H groups in total. The van der Waals surface area contributed by atoms with Crippen LogP contribution >= 0.6 is 11.3 Å². The minimum atomic E-state index is 0.506. The average molecular weight is 301 g/mol. The van der Waals surface area contributed by atoms with Gasteiger partial charge in [0, 0.05) is 30.2 Å². The van der Waals surface area contributed by atoms with Crippen molar-refractivity contribution in [2.45, 2.75) is 45.8 Å². The number of nitrogens with one attached hydrogen (secondary N) is 1. The van der Waals surface area contributed by atoms with E-state index in [-0.39, 0.29) is 0 Å². The van der Waals surface area contributed by atoms with E-state index in [2.05, 4.69) is 53.7 Å². The molecule has 3 rings (SSSR count). The minimum Gasteiger partial charge on any atom is -0.365 e. The van der Waals surface area contributed by atoms with Crippen molar-refractivity contribution in [1.82, 2.24) is 10.3 Å². The molecule has 0 spiro atoms. The molecule has 2 aromatic rings. The highest BCUT2D eigenvalue weighted by atomic mass is 32.1. The van der Waals surface area contributed by atoms with Gasteiger partial charge < -0.3 is 10.2 Å². The van der Waals surface area contributed by atoms with Gasteiger partial charge >= 0.3 is 0 Å². The molecule has 1 aliphatic heterocycles. The number of para-hydroxylation sites is 1. The van der Waals surface area contributed by atoms with Crippen LogP contribution in [0.15, 0.2) is 29.6 Å². The second-order valence-electron chi connectivity index (χ2n) is 5.92. The predicted molar refractivity (Wildman–Crippen MR) is 89.9 cm³/mol. The average Bonchev–Trinajstić information content (AvgIpc) is 2.93. The van der Waals surface area contributed by atoms with Crippen molar-refractivity contribution in [3.63, 3.8) is 0 Å². The Morgan fingerprint density at radius 2 is 2.19 bits per heavy atom. The number of hydrogen-bond donors (Lipinski definition) is 1. The zero-order chi connectivity index (χ0) is 14.7. The summed E-state index contributed by atoms with van der Waals surface area (Å²) >= 11 is 1.76. The number of thiazole rings is 1. The van der Waals surface area contributed by atoms with Crippen LogP contribution in [0.5, 0.6) is 0 Å². The Hall–Kier alpha value is -1.39. The molecular formula is C17H23N3S. The van der Waals surface area contributed by atoms with Gasteiger partial charge in [-0.15, -0.1) is 11.3 Å². The van der Waals surface area contributed by atoms with Crippen molar-refractivity contribution >= 4 is 17.0 Å². The number of nitrogens with zero attached hydrogens (tertiary/aromatic N) is 2. The van der Waals surface area contributed by atoms with E-state index in [4.69, 9.17) is 4.98 Å². The van der Waals surface area contributed by atoms with E-state index in [0.29, 0.717) is 6.04 Å². The Kier molecular flexibility index (Phi) is 4.56. The Balaban J connectivity index is 1.67. The molecule has 0 atom stereocenters. The first kappa shape index (κ1) is 14.5. The molecule has 0 amide bonds. The van der Waals surface area contributed by atoms with Gasteiger partial charge in [-0.1, -0.05) is 32.0 Å². The van der Waals surface area contributed by atoms with Gasteiger partial charge in [-0.2, -0.15) is 0 Å². The van der Waals surface area contributed by atoms with Gasteiger partial charge in [0.1, 0.15) is 5.01 Å². The van der Waals surface area contributed by atoms with E-state index in [1.807, 2.05) is 0 Å². The molecule has 0 radical (unpaired) electrons. The predicted octanol–water partition coefficient (Wildman–Crippen LogP) is 3.59. The van der Waals surface area contributed by atoms with Crippen molar-refractivity contribution < 1.29 is 0 Å². The molecule has 2 heterocycles. The van der Waals surface area contributed by atoms with Crippen LogP contribution in [0.4, 0.5) is 5.69 Å². The monoisotopic (exact) mass is 301 g/mol. The van der Waals surface area contributed by atoms with E-state index < -0.39 is 0 Å². The lowest BCUT2D eigenvalue weighted by molar-refractivity contribution is 0.586. The highest BCUT2D eigenvalue weighted by molar-refractivity contribution is 7.09. The SMILES string of the molecule is CC(C)NCc1nc(CN2CCCc3ccccc32)cs1. The fourth-order valence-electron chi connectivity index (χ4n) is 2.77. The lowest BCUT2D eigenvalue weighted by atomic mass is 10.0. The van der Waals surface area contributed by atoms with E-state index in [9.17, 15) is 0 Å². The van der Waals surface area contributed by atoms with Crippen LogP contribution in [0.25, 0.3) is 0 Å². The van der Waals surface area contributed by atoms with Gasteiger partial charge in [0.05, 0.1) is 12.2 Å². The fraction of sp³-hybridized carbons (Fsp3) is 0.471. The van der Waals surface area contributed by atoms with Crippen LogP contribution in [0, 0.1) is 0 Å². The topological polar surface area (TPSA) is 28.2 Å². The molecule has 112 valence electrons. The number of benzene rings is 1. The third-order valence-electron chi connectivity index (χ3n) is 3.82. The molecule has 0 unspecified atom stereocenters. The standard InChI is InChI=1S/C17H23N3S/c1-13(2)18-10-17-19-15(12-21-17)11-20-9-5-7-14-6-3-4-8-16(14)20/h3-4,6,8,12-13,18H,5,7,9-11H2,1-2H3. The number of hydrogen-bond acceptors (Lipinski definition) is 4. The Labute approximate surface area is 131 Å². The Morgan fingerprint density at radius 1 is 1.33 bits per heavy atom. The summed E-state index contributed by atoms with van der Waals surface area (Å²) in [5.74, 6) is 0. The van der Waals surface area contributed by atoms with Crippen molar-refractivity contribution in [3.8, 4) is 0 Å². The highest BCUT2D eigenvalue weighted by Gasteiger charge is 2.17. The minimum absolute atomic E-state index is 0.506. The van der Waals surface area contributed by atoms with Gasteiger partial charge in [0.25, 0.3) is 0 Å². The van der Waals surface area contributed by atoms with Crippen LogP contribution in [0.1, 0.15) is 36.5 Å². The molecule has 4 heteroatoms. The van der Waals surface area contributed by atoms with Crippen LogP contribution in [-0.4, -0.2) is 17.6 Å². The first-order valence-electron chi connectivity index (χ1n) is 7.72. The molecule has 1 aromatic heterocycles. The molecule has 0 saturated carbocycles. The lowest BCUT2D eigenvalue weighted by Gasteiger charge is -2.30. The van der Waals surface area contributed by atoms with Crippen molar-refractivity contribution in [2.75, 3.05) is 11.4 Å². The maximum atomic E-state index is 4.76. The summed E-state index contributed by atoms with van der Waals surface area (Å²) in [7, 11) is 0. The molecule has 0 saturated heterocycles. The van der Waals surface area contributed by atoms with Crippen molar-refractivity contribution in [2.24, 2.45) is 0 Å². The smallest absolute Gasteiger partial charge is 0.107 e. The van der Waals surface area contributed by atoms with Gasteiger partial charge in [-0.25, -0.2) is 4.98 Å². The summed E-state index contributed by atoms with van der Waals surface area (Å²) in [6, 6.07) is 9.27. The molecule has 1 aliphatic rings. The van der Waals surface area contributed by atoms with E-state index >= 15 is 0 Å². The molecule has 21 heavy (non-hydrogen) atoms. The number of fused-ring (bicyclic) bond motifs is 1. The normalized spacial score (nSPS) is 14.5. The van der Waals surface area contributed by atoms with Crippen molar-refractivity contribution in [1.29, 1.82) is 0 Å². The molecule has 0 aliphatic carbocycles. The third kappa shape index (κ3) is 3.63. The molecule has 3 nitrogen and oxygen atoms in total. The summed E-state index contributed by atoms with van der Waals surface area (Å²) in [6.45, 7) is 7.26. The number of aryl methyl sites for hydroxylation is 1. The fourth-order valence-corrected chi connectivity index (χ4v) is 3.50. The van der Waals surface area contributed by atoms with Gasteiger partial charge in [0.2, 0.25) is 0 Å². The molecule has 0 fully saturated rings. The van der Waals surface area contributed by atoms with Gasteiger partial charge in [-0.3, -0.25) is 0 Å². The van der Waals surface area contributed by atoms with Crippen LogP contribution in [0.2, 0.25) is 0 Å². The largest absolute Gasteiger partial charge is 0.365 e. The number of rotatable bonds is 5. The molecule has 1 aromatic carbocycles. The highest BCUT2D eigenvalue weighted by Crippen LogP contribution is 2.28. The zero-order valence-electron chi connectivity index (χ0n) is 12.8. The summed E-state index contributed by atoms with van der Waals surface area (Å²) in [6.07, 6.45) is 2.44. The van der Waals surface area contributed by atoms with Crippen LogP contribution in [-0.2, 0) is 19.5 Å². The first-order valence-corrected chi connectivity index (χ1v) is 8.60. The third-order valence-corrected chi connectivity index (χ3v) is 4.72. The van der Waals surface area contributed by atoms with Crippen LogP contribution in [0.3, 0.4) is 0 Å². The van der Waals surface area contributed by atoms with Gasteiger partial charge in [0.15, 0.2) is 0 Å². The second kappa shape index (κ2) is 6.58.